The lowest BCUT2D eigenvalue weighted by atomic mass is 9.67. The van der Waals surface area contributed by atoms with Crippen molar-refractivity contribution >= 4 is 0 Å². The summed E-state index contributed by atoms with van der Waals surface area (Å²) in [4.78, 5) is 2.35. The van der Waals surface area contributed by atoms with Gasteiger partial charge < -0.3 is 10.2 Å². The van der Waals surface area contributed by atoms with Crippen molar-refractivity contribution in [3.63, 3.8) is 0 Å². The molecule has 106 valence electrons. The van der Waals surface area contributed by atoms with E-state index in [0.29, 0.717) is 11.5 Å². The van der Waals surface area contributed by atoms with Gasteiger partial charge in [-0.2, -0.15) is 0 Å². The number of hydrogen-bond donors (Lipinski definition) is 1. The zero-order valence-electron chi connectivity index (χ0n) is 12.9. The number of benzene rings is 1. The molecule has 2 rings (SSSR count). The molecule has 1 saturated carbocycles. The lowest BCUT2D eigenvalue weighted by Gasteiger charge is -2.42. The number of rotatable bonds is 4. The van der Waals surface area contributed by atoms with Crippen molar-refractivity contribution in [1.29, 1.82) is 0 Å². The third kappa shape index (κ3) is 3.37. The molecule has 1 aliphatic rings. The highest BCUT2D eigenvalue weighted by molar-refractivity contribution is 5.31. The summed E-state index contributed by atoms with van der Waals surface area (Å²) in [6.07, 6.45) is 5.16. The van der Waals surface area contributed by atoms with Gasteiger partial charge in [0.05, 0.1) is 0 Å². The van der Waals surface area contributed by atoms with Crippen LogP contribution in [-0.4, -0.2) is 38.6 Å². The Morgan fingerprint density at radius 3 is 2.47 bits per heavy atom. The van der Waals surface area contributed by atoms with Gasteiger partial charge in [0.25, 0.3) is 0 Å². The molecule has 2 nitrogen and oxygen atoms in total. The van der Waals surface area contributed by atoms with E-state index in [1.54, 1.807) is 0 Å². The van der Waals surface area contributed by atoms with Crippen LogP contribution in [0.5, 0.6) is 0 Å². The Balaban J connectivity index is 2.25. The molecule has 0 aromatic heterocycles. The van der Waals surface area contributed by atoms with Crippen LogP contribution in [-0.2, 0) is 5.41 Å². The molecule has 2 heteroatoms. The van der Waals surface area contributed by atoms with Gasteiger partial charge in [0, 0.05) is 18.0 Å². The fourth-order valence-corrected chi connectivity index (χ4v) is 3.58. The van der Waals surface area contributed by atoms with Crippen molar-refractivity contribution < 1.29 is 0 Å². The van der Waals surface area contributed by atoms with Crippen molar-refractivity contribution in [3.05, 3.63) is 35.4 Å². The molecule has 0 atom stereocenters. The molecule has 1 aromatic rings. The monoisotopic (exact) mass is 260 g/mol. The third-order valence-corrected chi connectivity index (χ3v) is 4.60. The summed E-state index contributed by atoms with van der Waals surface area (Å²) in [5.74, 6) is 0. The first-order chi connectivity index (χ1) is 9.05. The van der Waals surface area contributed by atoms with Gasteiger partial charge in [0.1, 0.15) is 0 Å². The Kier molecular flexibility index (Phi) is 4.64. The van der Waals surface area contributed by atoms with Gasteiger partial charge in [-0.25, -0.2) is 0 Å². The standard InChI is InChI=1S/C17H28N2/c1-14-6-5-7-15(12-14)17(13-19(3)4)10-8-16(18-2)9-11-17/h5-7,12,16,18H,8-11,13H2,1-4H3. The fraction of sp³-hybridized carbons (Fsp3) is 0.647. The second-order valence-electron chi connectivity index (χ2n) is 6.45. The molecule has 0 bridgehead atoms. The number of aryl methyl sites for hydroxylation is 1. The van der Waals surface area contributed by atoms with Crippen molar-refractivity contribution in [1.82, 2.24) is 10.2 Å². The predicted molar refractivity (Wildman–Crippen MR) is 82.7 cm³/mol. The molecule has 0 saturated heterocycles. The summed E-state index contributed by atoms with van der Waals surface area (Å²) in [5, 5.41) is 3.44. The Bertz CT molecular complexity index is 403. The molecule has 0 amide bonds. The number of likely N-dealkylation sites (N-methyl/N-ethyl adjacent to an activating group) is 1. The van der Waals surface area contributed by atoms with E-state index in [9.17, 15) is 0 Å². The van der Waals surface area contributed by atoms with Crippen LogP contribution >= 0.6 is 0 Å². The molecule has 0 radical (unpaired) electrons. The molecule has 1 aliphatic carbocycles. The van der Waals surface area contributed by atoms with Gasteiger partial charge in [0.2, 0.25) is 0 Å². The van der Waals surface area contributed by atoms with E-state index in [4.69, 9.17) is 0 Å². The van der Waals surface area contributed by atoms with Crippen LogP contribution in [0.15, 0.2) is 24.3 Å². The van der Waals surface area contributed by atoms with Gasteiger partial charge >= 0.3 is 0 Å². The van der Waals surface area contributed by atoms with Gasteiger partial charge in [0.15, 0.2) is 0 Å². The van der Waals surface area contributed by atoms with Gasteiger partial charge in [-0.1, -0.05) is 29.8 Å². The third-order valence-electron chi connectivity index (χ3n) is 4.60. The minimum absolute atomic E-state index is 0.350. The molecular formula is C17H28N2. The lowest BCUT2D eigenvalue weighted by molar-refractivity contribution is 0.195. The Morgan fingerprint density at radius 1 is 1.26 bits per heavy atom. The normalized spacial score (nSPS) is 27.7. The highest BCUT2D eigenvalue weighted by Crippen LogP contribution is 2.40. The summed E-state index contributed by atoms with van der Waals surface area (Å²) in [6, 6.07) is 9.85. The van der Waals surface area contributed by atoms with Gasteiger partial charge in [-0.05, 0) is 59.3 Å². The summed E-state index contributed by atoms with van der Waals surface area (Å²) < 4.78 is 0. The van der Waals surface area contributed by atoms with E-state index < -0.39 is 0 Å². The van der Waals surface area contributed by atoms with Crippen molar-refractivity contribution in [3.8, 4) is 0 Å². The minimum atomic E-state index is 0.350. The van der Waals surface area contributed by atoms with E-state index in [2.05, 4.69) is 62.5 Å². The average Bonchev–Trinajstić information content (AvgIpc) is 2.39. The smallest absolute Gasteiger partial charge is 0.00813 e. The summed E-state index contributed by atoms with van der Waals surface area (Å²) in [6.45, 7) is 3.36. The minimum Gasteiger partial charge on any atom is -0.317 e. The van der Waals surface area contributed by atoms with E-state index in [0.717, 1.165) is 6.54 Å². The van der Waals surface area contributed by atoms with Gasteiger partial charge in [-0.15, -0.1) is 0 Å². The van der Waals surface area contributed by atoms with Crippen LogP contribution in [0, 0.1) is 6.92 Å². The van der Waals surface area contributed by atoms with E-state index in [1.165, 1.54) is 36.8 Å². The molecule has 0 unspecified atom stereocenters. The lowest BCUT2D eigenvalue weighted by Crippen LogP contribution is -2.44. The summed E-state index contributed by atoms with van der Waals surface area (Å²) in [7, 11) is 6.49. The van der Waals surface area contributed by atoms with Crippen molar-refractivity contribution in [2.24, 2.45) is 0 Å². The second kappa shape index (κ2) is 6.06. The number of hydrogen-bond acceptors (Lipinski definition) is 2. The zero-order valence-corrected chi connectivity index (χ0v) is 12.9. The Labute approximate surface area is 118 Å². The second-order valence-corrected chi connectivity index (χ2v) is 6.45. The summed E-state index contributed by atoms with van der Waals surface area (Å²) in [5.41, 5.74) is 3.27. The van der Waals surface area contributed by atoms with Crippen LogP contribution in [0.1, 0.15) is 36.8 Å². The Morgan fingerprint density at radius 2 is 1.95 bits per heavy atom. The molecule has 0 heterocycles. The quantitative estimate of drug-likeness (QED) is 0.895. The first kappa shape index (κ1) is 14.5. The SMILES string of the molecule is CNC1CCC(CN(C)C)(c2cccc(C)c2)CC1. The highest BCUT2D eigenvalue weighted by atomic mass is 15.1. The van der Waals surface area contributed by atoms with Crippen LogP contribution in [0.25, 0.3) is 0 Å². The van der Waals surface area contributed by atoms with Crippen molar-refractivity contribution in [2.75, 3.05) is 27.7 Å². The molecule has 1 N–H and O–H groups in total. The van der Waals surface area contributed by atoms with E-state index in [1.807, 2.05) is 0 Å². The largest absolute Gasteiger partial charge is 0.317 e. The molecular weight excluding hydrogens is 232 g/mol. The molecule has 0 aliphatic heterocycles. The molecule has 0 spiro atoms. The number of nitrogens with one attached hydrogen (secondary N) is 1. The fourth-order valence-electron chi connectivity index (χ4n) is 3.58. The first-order valence-corrected chi connectivity index (χ1v) is 7.45. The maximum atomic E-state index is 3.44. The van der Waals surface area contributed by atoms with E-state index >= 15 is 0 Å². The molecule has 1 fully saturated rings. The predicted octanol–water partition coefficient (Wildman–Crippen LogP) is 2.96. The maximum Gasteiger partial charge on any atom is 0.00813 e. The average molecular weight is 260 g/mol. The molecule has 1 aromatic carbocycles. The zero-order chi connectivity index (χ0) is 13.9. The Hall–Kier alpha value is -0.860. The van der Waals surface area contributed by atoms with Crippen LogP contribution in [0.4, 0.5) is 0 Å². The van der Waals surface area contributed by atoms with Gasteiger partial charge in [-0.3, -0.25) is 0 Å². The van der Waals surface area contributed by atoms with E-state index in [-0.39, 0.29) is 0 Å². The van der Waals surface area contributed by atoms with Crippen molar-refractivity contribution in [2.45, 2.75) is 44.1 Å². The first-order valence-electron chi connectivity index (χ1n) is 7.45. The van der Waals surface area contributed by atoms with Crippen LogP contribution in [0.2, 0.25) is 0 Å². The molecule has 19 heavy (non-hydrogen) atoms. The highest BCUT2D eigenvalue weighted by Gasteiger charge is 2.36. The van der Waals surface area contributed by atoms with Crippen LogP contribution < -0.4 is 5.32 Å². The van der Waals surface area contributed by atoms with Crippen LogP contribution in [0.3, 0.4) is 0 Å². The topological polar surface area (TPSA) is 15.3 Å². The summed E-state index contributed by atoms with van der Waals surface area (Å²) >= 11 is 0. The number of nitrogens with zero attached hydrogens (tertiary/aromatic N) is 1. The maximum absolute atomic E-state index is 3.44.